The number of oxazole rings is 1. The highest BCUT2D eigenvalue weighted by molar-refractivity contribution is 5.72. The van der Waals surface area contributed by atoms with Crippen molar-refractivity contribution in [1.82, 2.24) is 4.98 Å². The van der Waals surface area contributed by atoms with Crippen molar-refractivity contribution in [3.8, 4) is 0 Å². The van der Waals surface area contributed by atoms with E-state index in [1.807, 2.05) is 24.3 Å². The van der Waals surface area contributed by atoms with Gasteiger partial charge >= 0.3 is 0 Å². The number of likely N-dealkylation sites (N-methyl/N-ethyl adjacent to an activating group) is 1. The van der Waals surface area contributed by atoms with Gasteiger partial charge in [0.25, 0.3) is 0 Å². The zero-order chi connectivity index (χ0) is 13.9. The lowest BCUT2D eigenvalue weighted by Gasteiger charge is -2.19. The van der Waals surface area contributed by atoms with E-state index in [9.17, 15) is 0 Å². The van der Waals surface area contributed by atoms with Crippen molar-refractivity contribution >= 4 is 22.5 Å². The summed E-state index contributed by atoms with van der Waals surface area (Å²) in [6.45, 7) is 0.920. The van der Waals surface area contributed by atoms with Gasteiger partial charge in [-0.2, -0.15) is 0 Å². The minimum absolute atomic E-state index is 0.789. The summed E-state index contributed by atoms with van der Waals surface area (Å²) in [5, 5.41) is 0. The van der Waals surface area contributed by atoms with Crippen LogP contribution in [0.25, 0.3) is 11.1 Å². The first-order valence-corrected chi connectivity index (χ1v) is 6.61. The molecule has 0 aliphatic rings. The van der Waals surface area contributed by atoms with E-state index < -0.39 is 0 Å². The molecule has 0 unspecified atom stereocenters. The summed E-state index contributed by atoms with van der Waals surface area (Å²) in [7, 11) is 2.07. The van der Waals surface area contributed by atoms with Gasteiger partial charge in [0.2, 0.25) is 0 Å². The molecule has 0 aliphatic carbocycles. The second kappa shape index (κ2) is 5.25. The van der Waals surface area contributed by atoms with E-state index in [2.05, 4.69) is 35.1 Å². The second-order valence-electron chi connectivity index (χ2n) is 4.92. The first-order valence-electron chi connectivity index (χ1n) is 6.61. The number of benzene rings is 2. The molecule has 0 bridgehead atoms. The average molecular weight is 267 g/mol. The molecule has 0 atom stereocenters. The summed E-state index contributed by atoms with van der Waals surface area (Å²) in [6.07, 6.45) is 2.43. The summed E-state index contributed by atoms with van der Waals surface area (Å²) >= 11 is 0. The van der Waals surface area contributed by atoms with Gasteiger partial charge in [-0.05, 0) is 42.3 Å². The van der Waals surface area contributed by atoms with Crippen LogP contribution in [-0.2, 0) is 6.42 Å². The molecule has 0 aliphatic heterocycles. The maximum absolute atomic E-state index is 5.81. The lowest BCUT2D eigenvalue weighted by Crippen LogP contribution is -2.20. The number of rotatable bonds is 4. The molecule has 3 rings (SSSR count). The number of fused-ring (bicyclic) bond motifs is 1. The van der Waals surface area contributed by atoms with Crippen molar-refractivity contribution in [1.29, 1.82) is 0 Å². The van der Waals surface area contributed by atoms with E-state index in [1.165, 1.54) is 12.0 Å². The van der Waals surface area contributed by atoms with Crippen LogP contribution >= 0.6 is 0 Å². The fourth-order valence-electron chi connectivity index (χ4n) is 2.24. The highest BCUT2D eigenvalue weighted by Crippen LogP contribution is 2.18. The molecule has 0 saturated heterocycles. The molecule has 4 heteroatoms. The van der Waals surface area contributed by atoms with E-state index in [4.69, 9.17) is 10.2 Å². The van der Waals surface area contributed by atoms with Crippen LogP contribution in [0.2, 0.25) is 0 Å². The Kier molecular flexibility index (Phi) is 3.29. The maximum atomic E-state index is 5.81. The van der Waals surface area contributed by atoms with E-state index in [1.54, 1.807) is 0 Å². The molecule has 0 spiro atoms. The number of aromatic nitrogens is 1. The van der Waals surface area contributed by atoms with Crippen LogP contribution in [0.15, 0.2) is 53.3 Å². The van der Waals surface area contributed by atoms with Crippen molar-refractivity contribution in [2.24, 2.45) is 0 Å². The lowest BCUT2D eigenvalue weighted by molar-refractivity contribution is 0.601. The molecule has 1 aromatic heterocycles. The molecule has 2 aromatic carbocycles. The number of nitrogens with zero attached hydrogens (tertiary/aromatic N) is 2. The van der Waals surface area contributed by atoms with Crippen molar-refractivity contribution in [3.05, 3.63) is 54.4 Å². The molecular formula is C16H17N3O. The first-order chi connectivity index (χ1) is 9.72. The van der Waals surface area contributed by atoms with Gasteiger partial charge in [0.1, 0.15) is 5.52 Å². The molecule has 0 radical (unpaired) electrons. The number of nitrogens with two attached hydrogens (primary N) is 1. The highest BCUT2D eigenvalue weighted by Gasteiger charge is 2.04. The standard InChI is InChI=1S/C16H17N3O/c1-19(14-4-2-3-13(17)10-14)8-7-12-5-6-15-16(9-12)20-11-18-15/h2-6,9-11H,7-8,17H2,1H3. The molecule has 102 valence electrons. The second-order valence-corrected chi connectivity index (χ2v) is 4.92. The van der Waals surface area contributed by atoms with Crippen LogP contribution in [0.4, 0.5) is 11.4 Å². The topological polar surface area (TPSA) is 55.3 Å². The van der Waals surface area contributed by atoms with Gasteiger partial charge in [-0.15, -0.1) is 0 Å². The maximum Gasteiger partial charge on any atom is 0.181 e. The molecular weight excluding hydrogens is 250 g/mol. The van der Waals surface area contributed by atoms with Crippen molar-refractivity contribution < 1.29 is 4.42 Å². The van der Waals surface area contributed by atoms with Gasteiger partial charge in [-0.3, -0.25) is 0 Å². The largest absolute Gasteiger partial charge is 0.443 e. The first kappa shape index (κ1) is 12.5. The third-order valence-electron chi connectivity index (χ3n) is 3.44. The van der Waals surface area contributed by atoms with Gasteiger partial charge < -0.3 is 15.1 Å². The monoisotopic (exact) mass is 267 g/mol. The van der Waals surface area contributed by atoms with Gasteiger partial charge in [0.05, 0.1) is 0 Å². The number of nitrogen functional groups attached to an aromatic ring is 1. The Hall–Kier alpha value is -2.49. The Morgan fingerprint density at radius 1 is 1.20 bits per heavy atom. The zero-order valence-corrected chi connectivity index (χ0v) is 11.4. The molecule has 1 heterocycles. The van der Waals surface area contributed by atoms with E-state index in [0.29, 0.717) is 0 Å². The van der Waals surface area contributed by atoms with E-state index >= 15 is 0 Å². The molecule has 0 fully saturated rings. The molecule has 2 N–H and O–H groups in total. The number of hydrogen-bond donors (Lipinski definition) is 1. The quantitative estimate of drug-likeness (QED) is 0.738. The fraction of sp³-hybridized carbons (Fsp3) is 0.188. The van der Waals surface area contributed by atoms with Gasteiger partial charge in [-0.25, -0.2) is 4.98 Å². The molecule has 4 nitrogen and oxygen atoms in total. The van der Waals surface area contributed by atoms with E-state index in [-0.39, 0.29) is 0 Å². The summed E-state index contributed by atoms with van der Waals surface area (Å²) < 4.78 is 5.32. The Labute approximate surface area is 117 Å². The van der Waals surface area contributed by atoms with Gasteiger partial charge in [-0.1, -0.05) is 12.1 Å². The third kappa shape index (κ3) is 2.59. The van der Waals surface area contributed by atoms with Crippen LogP contribution < -0.4 is 10.6 Å². The SMILES string of the molecule is CN(CCc1ccc2ncoc2c1)c1cccc(N)c1. The Morgan fingerprint density at radius 2 is 2.10 bits per heavy atom. The summed E-state index contributed by atoms with van der Waals surface area (Å²) in [5.74, 6) is 0. The van der Waals surface area contributed by atoms with Crippen LogP contribution in [0.1, 0.15) is 5.56 Å². The van der Waals surface area contributed by atoms with Gasteiger partial charge in [0.15, 0.2) is 12.0 Å². The van der Waals surface area contributed by atoms with Gasteiger partial charge in [0, 0.05) is 25.0 Å². The summed E-state index contributed by atoms with van der Waals surface area (Å²) in [4.78, 5) is 6.32. The molecule has 20 heavy (non-hydrogen) atoms. The van der Waals surface area contributed by atoms with E-state index in [0.717, 1.165) is 35.4 Å². The van der Waals surface area contributed by atoms with Crippen LogP contribution in [-0.4, -0.2) is 18.6 Å². The van der Waals surface area contributed by atoms with Crippen molar-refractivity contribution in [3.63, 3.8) is 0 Å². The third-order valence-corrected chi connectivity index (χ3v) is 3.44. The number of anilines is 2. The normalized spacial score (nSPS) is 10.8. The van der Waals surface area contributed by atoms with Crippen molar-refractivity contribution in [2.45, 2.75) is 6.42 Å². The molecule has 3 aromatic rings. The minimum Gasteiger partial charge on any atom is -0.443 e. The average Bonchev–Trinajstić information content (AvgIpc) is 2.92. The van der Waals surface area contributed by atoms with Crippen LogP contribution in [0.5, 0.6) is 0 Å². The fourth-order valence-corrected chi connectivity index (χ4v) is 2.24. The summed E-state index contributed by atoms with van der Waals surface area (Å²) in [6, 6.07) is 14.1. The van der Waals surface area contributed by atoms with Crippen molar-refractivity contribution in [2.75, 3.05) is 24.2 Å². The predicted molar refractivity (Wildman–Crippen MR) is 81.8 cm³/mol. The number of hydrogen-bond acceptors (Lipinski definition) is 4. The zero-order valence-electron chi connectivity index (χ0n) is 11.4. The highest BCUT2D eigenvalue weighted by atomic mass is 16.3. The van der Waals surface area contributed by atoms with Crippen LogP contribution in [0, 0.1) is 0 Å². The Balaban J connectivity index is 1.69. The molecule has 0 saturated carbocycles. The predicted octanol–water partition coefficient (Wildman–Crippen LogP) is 3.09. The lowest BCUT2D eigenvalue weighted by atomic mass is 10.1. The Morgan fingerprint density at radius 3 is 2.95 bits per heavy atom. The minimum atomic E-state index is 0.789. The summed E-state index contributed by atoms with van der Waals surface area (Å²) in [5.41, 5.74) is 10.7. The smallest absolute Gasteiger partial charge is 0.181 e. The van der Waals surface area contributed by atoms with Crippen LogP contribution in [0.3, 0.4) is 0 Å². The molecule has 0 amide bonds. The Bertz CT molecular complexity index is 720.